The standard InChI is InChI=1S/C22H20N4O3/c1-14-4-6-15(7-5-14)20-21-24-18(13-26(21)11-10-23-20)22(27)25-17-9-8-16(28-2)12-19(17)29-3/h4-13H,1-3H3,(H,25,27). The van der Waals surface area contributed by atoms with Crippen LogP contribution in [0.1, 0.15) is 16.1 Å². The number of hydrogen-bond donors (Lipinski definition) is 1. The Balaban J connectivity index is 1.67. The van der Waals surface area contributed by atoms with Gasteiger partial charge in [-0.1, -0.05) is 29.8 Å². The van der Waals surface area contributed by atoms with Gasteiger partial charge in [0.1, 0.15) is 22.9 Å². The zero-order valence-corrected chi connectivity index (χ0v) is 16.3. The number of imidazole rings is 1. The molecule has 2 heterocycles. The van der Waals surface area contributed by atoms with Crippen LogP contribution >= 0.6 is 0 Å². The van der Waals surface area contributed by atoms with Crippen LogP contribution in [0.2, 0.25) is 0 Å². The van der Waals surface area contributed by atoms with Crippen LogP contribution in [0.25, 0.3) is 16.9 Å². The number of anilines is 1. The maximum atomic E-state index is 12.8. The molecular weight excluding hydrogens is 368 g/mol. The van der Waals surface area contributed by atoms with Crippen LogP contribution in [-0.4, -0.2) is 34.5 Å². The lowest BCUT2D eigenvalue weighted by molar-refractivity contribution is 0.102. The van der Waals surface area contributed by atoms with Gasteiger partial charge in [-0.25, -0.2) is 4.98 Å². The Morgan fingerprint density at radius 3 is 2.59 bits per heavy atom. The summed E-state index contributed by atoms with van der Waals surface area (Å²) in [5.41, 5.74) is 4.25. The molecule has 2 aromatic carbocycles. The molecule has 0 saturated heterocycles. The number of carbonyl (C=O) groups is 1. The van der Waals surface area contributed by atoms with Gasteiger partial charge in [-0.2, -0.15) is 0 Å². The number of ether oxygens (including phenoxy) is 2. The molecule has 0 fully saturated rings. The first-order chi connectivity index (χ1) is 14.1. The smallest absolute Gasteiger partial charge is 0.275 e. The largest absolute Gasteiger partial charge is 0.497 e. The van der Waals surface area contributed by atoms with Crippen molar-refractivity contribution in [2.45, 2.75) is 6.92 Å². The van der Waals surface area contributed by atoms with Crippen LogP contribution in [0.5, 0.6) is 11.5 Å². The molecule has 0 aliphatic heterocycles. The molecule has 0 aliphatic rings. The van der Waals surface area contributed by atoms with Crippen molar-refractivity contribution in [3.8, 4) is 22.8 Å². The maximum absolute atomic E-state index is 12.8. The number of methoxy groups -OCH3 is 2. The molecular formula is C22H20N4O3. The molecule has 0 spiro atoms. The summed E-state index contributed by atoms with van der Waals surface area (Å²) in [6, 6.07) is 13.2. The summed E-state index contributed by atoms with van der Waals surface area (Å²) in [5.74, 6) is 0.803. The fourth-order valence-electron chi connectivity index (χ4n) is 3.03. The van der Waals surface area contributed by atoms with Crippen LogP contribution in [0, 0.1) is 6.92 Å². The second-order valence-corrected chi connectivity index (χ2v) is 6.52. The van der Waals surface area contributed by atoms with Crippen molar-refractivity contribution in [2.75, 3.05) is 19.5 Å². The van der Waals surface area contributed by atoms with Crippen molar-refractivity contribution in [3.63, 3.8) is 0 Å². The second kappa shape index (κ2) is 7.63. The summed E-state index contributed by atoms with van der Waals surface area (Å²) in [7, 11) is 3.11. The molecule has 0 bridgehead atoms. The van der Waals surface area contributed by atoms with Crippen LogP contribution in [0.3, 0.4) is 0 Å². The van der Waals surface area contributed by atoms with E-state index in [0.717, 1.165) is 11.1 Å². The predicted octanol–water partition coefficient (Wildman–Crippen LogP) is 3.97. The Hall–Kier alpha value is -3.87. The molecule has 0 aliphatic carbocycles. The number of hydrogen-bond acceptors (Lipinski definition) is 5. The molecule has 0 saturated carbocycles. The van der Waals surface area contributed by atoms with Gasteiger partial charge in [0.05, 0.1) is 19.9 Å². The first kappa shape index (κ1) is 18.5. The highest BCUT2D eigenvalue weighted by Crippen LogP contribution is 2.29. The first-order valence-electron chi connectivity index (χ1n) is 9.03. The van der Waals surface area contributed by atoms with Gasteiger partial charge >= 0.3 is 0 Å². The summed E-state index contributed by atoms with van der Waals surface area (Å²) in [6.45, 7) is 2.03. The highest BCUT2D eigenvalue weighted by Gasteiger charge is 2.16. The third-order valence-corrected chi connectivity index (χ3v) is 4.59. The molecule has 1 N–H and O–H groups in total. The van der Waals surface area contributed by atoms with Gasteiger partial charge in [0, 0.05) is 30.2 Å². The molecule has 29 heavy (non-hydrogen) atoms. The van der Waals surface area contributed by atoms with Gasteiger partial charge in [-0.05, 0) is 19.1 Å². The summed E-state index contributed by atoms with van der Waals surface area (Å²) in [4.78, 5) is 21.8. The van der Waals surface area contributed by atoms with E-state index in [1.54, 1.807) is 48.3 Å². The van der Waals surface area contributed by atoms with Crippen LogP contribution in [0.4, 0.5) is 5.69 Å². The SMILES string of the molecule is COc1ccc(NC(=O)c2cn3ccnc(-c4ccc(C)cc4)c3n2)c(OC)c1. The predicted molar refractivity (Wildman–Crippen MR) is 111 cm³/mol. The molecule has 146 valence electrons. The van der Waals surface area contributed by atoms with Gasteiger partial charge in [0.15, 0.2) is 5.65 Å². The van der Waals surface area contributed by atoms with Crippen molar-refractivity contribution < 1.29 is 14.3 Å². The third kappa shape index (κ3) is 3.62. The maximum Gasteiger partial charge on any atom is 0.275 e. The molecule has 0 atom stereocenters. The van der Waals surface area contributed by atoms with Gasteiger partial charge in [0.25, 0.3) is 5.91 Å². The van der Waals surface area contributed by atoms with E-state index in [4.69, 9.17) is 9.47 Å². The molecule has 0 unspecified atom stereocenters. The highest BCUT2D eigenvalue weighted by atomic mass is 16.5. The third-order valence-electron chi connectivity index (χ3n) is 4.59. The average molecular weight is 388 g/mol. The van der Waals surface area contributed by atoms with Gasteiger partial charge in [-0.15, -0.1) is 0 Å². The number of benzene rings is 2. The average Bonchev–Trinajstić information content (AvgIpc) is 3.19. The number of nitrogens with one attached hydrogen (secondary N) is 1. The summed E-state index contributed by atoms with van der Waals surface area (Å²) < 4.78 is 12.3. The topological polar surface area (TPSA) is 77.8 Å². The molecule has 4 aromatic rings. The van der Waals surface area contributed by atoms with E-state index in [9.17, 15) is 4.79 Å². The Labute approximate surface area is 168 Å². The van der Waals surface area contributed by atoms with E-state index in [0.29, 0.717) is 28.5 Å². The van der Waals surface area contributed by atoms with Crippen molar-refractivity contribution in [3.05, 3.63) is 72.3 Å². The molecule has 2 aromatic heterocycles. The molecule has 7 heteroatoms. The molecule has 4 rings (SSSR count). The van der Waals surface area contributed by atoms with Crippen molar-refractivity contribution in [1.82, 2.24) is 14.4 Å². The Bertz CT molecular complexity index is 1180. The van der Waals surface area contributed by atoms with Gasteiger partial charge in [-0.3, -0.25) is 9.78 Å². The minimum absolute atomic E-state index is 0.282. The van der Waals surface area contributed by atoms with Crippen molar-refractivity contribution in [1.29, 1.82) is 0 Å². The summed E-state index contributed by atoms with van der Waals surface area (Å²) in [5, 5.41) is 2.84. The highest BCUT2D eigenvalue weighted by molar-refractivity contribution is 6.04. The normalized spacial score (nSPS) is 10.7. The number of aromatic nitrogens is 3. The molecule has 1 amide bonds. The lowest BCUT2D eigenvalue weighted by Gasteiger charge is -2.10. The number of rotatable bonds is 5. The zero-order valence-electron chi connectivity index (χ0n) is 16.3. The minimum Gasteiger partial charge on any atom is -0.497 e. The van der Waals surface area contributed by atoms with E-state index in [-0.39, 0.29) is 11.6 Å². The van der Waals surface area contributed by atoms with Crippen LogP contribution < -0.4 is 14.8 Å². The van der Waals surface area contributed by atoms with Crippen LogP contribution in [-0.2, 0) is 0 Å². The Morgan fingerprint density at radius 2 is 1.86 bits per heavy atom. The van der Waals surface area contributed by atoms with E-state index < -0.39 is 0 Å². The second-order valence-electron chi connectivity index (χ2n) is 6.52. The lowest BCUT2D eigenvalue weighted by Crippen LogP contribution is -2.13. The lowest BCUT2D eigenvalue weighted by atomic mass is 10.1. The fourth-order valence-corrected chi connectivity index (χ4v) is 3.03. The molecule has 0 radical (unpaired) electrons. The number of nitrogens with zero attached hydrogens (tertiary/aromatic N) is 3. The monoisotopic (exact) mass is 388 g/mol. The van der Waals surface area contributed by atoms with E-state index >= 15 is 0 Å². The van der Waals surface area contributed by atoms with Crippen LogP contribution in [0.15, 0.2) is 61.1 Å². The van der Waals surface area contributed by atoms with E-state index in [2.05, 4.69) is 15.3 Å². The van der Waals surface area contributed by atoms with E-state index in [1.807, 2.05) is 31.2 Å². The molecule has 7 nitrogen and oxygen atoms in total. The van der Waals surface area contributed by atoms with Gasteiger partial charge < -0.3 is 19.2 Å². The van der Waals surface area contributed by atoms with Crippen molar-refractivity contribution in [2.24, 2.45) is 0 Å². The first-order valence-corrected chi connectivity index (χ1v) is 9.03. The Morgan fingerprint density at radius 1 is 1.07 bits per heavy atom. The number of fused-ring (bicyclic) bond motifs is 1. The van der Waals surface area contributed by atoms with E-state index in [1.165, 1.54) is 7.11 Å². The van der Waals surface area contributed by atoms with Crippen molar-refractivity contribution >= 4 is 17.2 Å². The summed E-state index contributed by atoms with van der Waals surface area (Å²) >= 11 is 0. The summed E-state index contributed by atoms with van der Waals surface area (Å²) in [6.07, 6.45) is 5.14. The number of carbonyl (C=O) groups excluding carboxylic acids is 1. The van der Waals surface area contributed by atoms with Gasteiger partial charge in [0.2, 0.25) is 0 Å². The fraction of sp³-hybridized carbons (Fsp3) is 0.136. The number of aryl methyl sites for hydroxylation is 1. The minimum atomic E-state index is -0.341. The number of amides is 1. The Kier molecular flexibility index (Phi) is 4.87. The quantitative estimate of drug-likeness (QED) is 0.560. The zero-order chi connectivity index (χ0) is 20.4.